The first-order chi connectivity index (χ1) is 9.52. The van der Waals surface area contributed by atoms with Gasteiger partial charge in [-0.1, -0.05) is 40.2 Å². The molecule has 0 radical (unpaired) electrons. The van der Waals surface area contributed by atoms with Gasteiger partial charge in [-0.2, -0.15) is 0 Å². The largest absolute Gasteiger partial charge is 0.271 e. The van der Waals surface area contributed by atoms with Crippen LogP contribution in [0.1, 0.15) is 22.7 Å². The molecule has 0 spiro atoms. The van der Waals surface area contributed by atoms with E-state index in [2.05, 4.69) is 21.4 Å². The van der Waals surface area contributed by atoms with Crippen LogP contribution in [-0.2, 0) is 6.42 Å². The highest BCUT2D eigenvalue weighted by Crippen LogP contribution is 2.24. The maximum atomic E-state index is 13.7. The molecule has 1 atom stereocenters. The predicted octanol–water partition coefficient (Wildman–Crippen LogP) is 3.78. The Hall–Kier alpha value is -1.30. The fourth-order valence-corrected chi connectivity index (χ4v) is 2.33. The Balaban J connectivity index is 2.28. The van der Waals surface area contributed by atoms with Gasteiger partial charge in [0.1, 0.15) is 0 Å². The van der Waals surface area contributed by atoms with Crippen LogP contribution in [0.3, 0.4) is 0 Å². The minimum Gasteiger partial charge on any atom is -0.271 e. The molecule has 2 aromatic carbocycles. The van der Waals surface area contributed by atoms with Crippen molar-refractivity contribution < 1.29 is 8.78 Å². The molecule has 2 nitrogen and oxygen atoms in total. The van der Waals surface area contributed by atoms with E-state index < -0.39 is 11.6 Å². The molecule has 0 aliphatic rings. The Bertz CT molecular complexity index is 617. The van der Waals surface area contributed by atoms with E-state index in [1.807, 2.05) is 25.1 Å². The SMILES string of the molecule is Cc1cc(C(Cc2cccc(F)c2F)NN)ccc1Br. The summed E-state index contributed by atoms with van der Waals surface area (Å²) < 4.78 is 27.9. The van der Waals surface area contributed by atoms with Crippen LogP contribution < -0.4 is 11.3 Å². The van der Waals surface area contributed by atoms with E-state index in [-0.39, 0.29) is 12.5 Å². The van der Waals surface area contributed by atoms with E-state index in [0.717, 1.165) is 21.7 Å². The maximum absolute atomic E-state index is 13.7. The first kappa shape index (κ1) is 15.1. The fourth-order valence-electron chi connectivity index (χ4n) is 2.08. The van der Waals surface area contributed by atoms with Crippen LogP contribution in [0.15, 0.2) is 40.9 Å². The van der Waals surface area contributed by atoms with Crippen molar-refractivity contribution in [2.24, 2.45) is 5.84 Å². The van der Waals surface area contributed by atoms with Crippen LogP contribution in [0.2, 0.25) is 0 Å². The first-order valence-corrected chi connectivity index (χ1v) is 6.97. The van der Waals surface area contributed by atoms with Gasteiger partial charge in [0.2, 0.25) is 0 Å². The van der Waals surface area contributed by atoms with Crippen LogP contribution >= 0.6 is 15.9 Å². The molecule has 2 aromatic rings. The second-order valence-corrected chi connectivity index (χ2v) is 5.50. The summed E-state index contributed by atoms with van der Waals surface area (Å²) in [5, 5.41) is 0. The van der Waals surface area contributed by atoms with Gasteiger partial charge in [-0.05, 0) is 42.2 Å². The Labute approximate surface area is 125 Å². The van der Waals surface area contributed by atoms with Crippen molar-refractivity contribution in [3.05, 3.63) is 69.2 Å². The lowest BCUT2D eigenvalue weighted by Crippen LogP contribution is -2.30. The number of hydrogen-bond donors (Lipinski definition) is 2. The summed E-state index contributed by atoms with van der Waals surface area (Å²) >= 11 is 3.43. The third-order valence-electron chi connectivity index (χ3n) is 3.24. The third kappa shape index (κ3) is 3.23. The molecule has 0 fully saturated rings. The average Bonchev–Trinajstić information content (AvgIpc) is 2.44. The highest BCUT2D eigenvalue weighted by molar-refractivity contribution is 9.10. The van der Waals surface area contributed by atoms with Crippen molar-refractivity contribution in [2.75, 3.05) is 0 Å². The number of rotatable bonds is 4. The smallest absolute Gasteiger partial charge is 0.162 e. The molecule has 0 aliphatic heterocycles. The van der Waals surface area contributed by atoms with E-state index >= 15 is 0 Å². The maximum Gasteiger partial charge on any atom is 0.162 e. The zero-order chi connectivity index (χ0) is 14.7. The summed E-state index contributed by atoms with van der Waals surface area (Å²) in [5.41, 5.74) is 4.94. The van der Waals surface area contributed by atoms with Gasteiger partial charge in [0.25, 0.3) is 0 Å². The van der Waals surface area contributed by atoms with Crippen LogP contribution in [0, 0.1) is 18.6 Å². The molecule has 0 amide bonds. The van der Waals surface area contributed by atoms with Gasteiger partial charge in [-0.3, -0.25) is 11.3 Å². The molecule has 106 valence electrons. The summed E-state index contributed by atoms with van der Waals surface area (Å²) in [6.07, 6.45) is 0.279. The van der Waals surface area contributed by atoms with Gasteiger partial charge in [-0.25, -0.2) is 8.78 Å². The van der Waals surface area contributed by atoms with Gasteiger partial charge >= 0.3 is 0 Å². The molecule has 0 aliphatic carbocycles. The number of hydrazine groups is 1. The van der Waals surface area contributed by atoms with E-state index in [1.165, 1.54) is 6.07 Å². The van der Waals surface area contributed by atoms with Gasteiger partial charge in [-0.15, -0.1) is 0 Å². The molecule has 5 heteroatoms. The van der Waals surface area contributed by atoms with Crippen molar-refractivity contribution in [2.45, 2.75) is 19.4 Å². The third-order valence-corrected chi connectivity index (χ3v) is 4.13. The summed E-state index contributed by atoms with van der Waals surface area (Å²) in [5.74, 6) is 3.89. The normalized spacial score (nSPS) is 12.4. The van der Waals surface area contributed by atoms with Crippen LogP contribution in [-0.4, -0.2) is 0 Å². The number of aryl methyl sites for hydroxylation is 1. The topological polar surface area (TPSA) is 38.0 Å². The number of benzene rings is 2. The lowest BCUT2D eigenvalue weighted by molar-refractivity contribution is 0.481. The first-order valence-electron chi connectivity index (χ1n) is 6.18. The number of hydrogen-bond acceptors (Lipinski definition) is 2. The highest BCUT2D eigenvalue weighted by atomic mass is 79.9. The molecule has 0 saturated heterocycles. The standard InChI is InChI=1S/C15H15BrF2N2/c1-9-7-10(5-6-12(9)16)14(20-19)8-11-3-2-4-13(17)15(11)18/h2-7,14,20H,8,19H2,1H3. The summed E-state index contributed by atoms with van der Waals surface area (Å²) in [7, 11) is 0. The molecule has 0 bridgehead atoms. The molecule has 0 aromatic heterocycles. The summed E-state index contributed by atoms with van der Waals surface area (Å²) in [6.45, 7) is 1.96. The van der Waals surface area contributed by atoms with Crippen LogP contribution in [0.5, 0.6) is 0 Å². The molecule has 3 N–H and O–H groups in total. The lowest BCUT2D eigenvalue weighted by Gasteiger charge is -2.18. The Morgan fingerprint density at radius 3 is 2.65 bits per heavy atom. The van der Waals surface area contributed by atoms with Crippen LogP contribution in [0.4, 0.5) is 8.78 Å². The monoisotopic (exact) mass is 340 g/mol. The predicted molar refractivity (Wildman–Crippen MR) is 79.0 cm³/mol. The molecular weight excluding hydrogens is 326 g/mol. The summed E-state index contributed by atoms with van der Waals surface area (Å²) in [6, 6.07) is 9.66. The van der Waals surface area contributed by atoms with Crippen molar-refractivity contribution in [3.8, 4) is 0 Å². The molecule has 0 saturated carbocycles. The lowest BCUT2D eigenvalue weighted by atomic mass is 9.98. The molecule has 1 unspecified atom stereocenters. The quantitative estimate of drug-likeness (QED) is 0.656. The molecule has 20 heavy (non-hydrogen) atoms. The minimum atomic E-state index is -0.842. The van der Waals surface area contributed by atoms with Crippen molar-refractivity contribution in [1.82, 2.24) is 5.43 Å². The van der Waals surface area contributed by atoms with Gasteiger partial charge in [0, 0.05) is 4.47 Å². The zero-order valence-corrected chi connectivity index (χ0v) is 12.5. The van der Waals surface area contributed by atoms with Gasteiger partial charge < -0.3 is 0 Å². The number of nitrogens with one attached hydrogen (secondary N) is 1. The van der Waals surface area contributed by atoms with Crippen molar-refractivity contribution in [3.63, 3.8) is 0 Å². The second-order valence-electron chi connectivity index (χ2n) is 4.64. The van der Waals surface area contributed by atoms with E-state index in [9.17, 15) is 8.78 Å². The van der Waals surface area contributed by atoms with E-state index in [4.69, 9.17) is 5.84 Å². The highest BCUT2D eigenvalue weighted by Gasteiger charge is 2.15. The molecular formula is C15H15BrF2N2. The van der Waals surface area contributed by atoms with Gasteiger partial charge in [0.15, 0.2) is 11.6 Å². The molecule has 2 rings (SSSR count). The number of nitrogens with two attached hydrogens (primary N) is 1. The van der Waals surface area contributed by atoms with Crippen molar-refractivity contribution in [1.29, 1.82) is 0 Å². The van der Waals surface area contributed by atoms with E-state index in [1.54, 1.807) is 6.07 Å². The van der Waals surface area contributed by atoms with Gasteiger partial charge in [0.05, 0.1) is 6.04 Å². The van der Waals surface area contributed by atoms with E-state index in [0.29, 0.717) is 5.56 Å². The Kier molecular flexibility index (Phi) is 4.86. The Morgan fingerprint density at radius 1 is 1.25 bits per heavy atom. The molecule has 0 heterocycles. The van der Waals surface area contributed by atoms with Crippen LogP contribution in [0.25, 0.3) is 0 Å². The minimum absolute atomic E-state index is 0.279. The fraction of sp³-hybridized carbons (Fsp3) is 0.200. The average molecular weight is 341 g/mol. The summed E-state index contributed by atoms with van der Waals surface area (Å²) in [4.78, 5) is 0. The Morgan fingerprint density at radius 2 is 2.00 bits per heavy atom. The zero-order valence-electron chi connectivity index (χ0n) is 11.0. The van der Waals surface area contributed by atoms with Crippen molar-refractivity contribution >= 4 is 15.9 Å². The number of halogens is 3. The second kappa shape index (κ2) is 6.43.